The third kappa shape index (κ3) is 2.99. The average Bonchev–Trinajstić information content (AvgIpc) is 3.29. The van der Waals surface area contributed by atoms with Crippen LogP contribution >= 0.6 is 0 Å². The van der Waals surface area contributed by atoms with Gasteiger partial charge in [-0.15, -0.1) is 0 Å². The molecule has 0 spiro atoms. The SMILES string of the molecule is COc1ccc(-c2ccnc(C)c2)c(CNC2CC2)c1. The van der Waals surface area contributed by atoms with E-state index in [1.54, 1.807) is 7.11 Å². The van der Waals surface area contributed by atoms with Crippen molar-refractivity contribution in [3.05, 3.63) is 47.8 Å². The molecule has 3 heteroatoms. The molecule has 0 radical (unpaired) electrons. The van der Waals surface area contributed by atoms with Crippen LogP contribution in [-0.2, 0) is 6.54 Å². The number of rotatable bonds is 5. The van der Waals surface area contributed by atoms with Gasteiger partial charge in [-0.05, 0) is 60.7 Å². The van der Waals surface area contributed by atoms with Crippen LogP contribution in [-0.4, -0.2) is 18.1 Å². The highest BCUT2D eigenvalue weighted by atomic mass is 16.5. The fourth-order valence-electron chi connectivity index (χ4n) is 2.38. The van der Waals surface area contributed by atoms with Crippen molar-refractivity contribution >= 4 is 0 Å². The summed E-state index contributed by atoms with van der Waals surface area (Å²) in [4.78, 5) is 4.27. The molecule has 1 saturated carbocycles. The number of nitrogens with zero attached hydrogens (tertiary/aromatic N) is 1. The lowest BCUT2D eigenvalue weighted by Gasteiger charge is -2.13. The summed E-state index contributed by atoms with van der Waals surface area (Å²) in [5, 5.41) is 3.58. The zero-order valence-corrected chi connectivity index (χ0v) is 12.0. The molecule has 1 aromatic heterocycles. The number of hydrogen-bond acceptors (Lipinski definition) is 3. The number of benzene rings is 1. The van der Waals surface area contributed by atoms with Gasteiger partial charge in [-0.3, -0.25) is 4.98 Å². The van der Waals surface area contributed by atoms with Gasteiger partial charge in [-0.25, -0.2) is 0 Å². The fourth-order valence-corrected chi connectivity index (χ4v) is 2.38. The van der Waals surface area contributed by atoms with Crippen LogP contribution in [0.1, 0.15) is 24.1 Å². The van der Waals surface area contributed by atoms with Crippen molar-refractivity contribution in [2.45, 2.75) is 32.4 Å². The molecule has 1 heterocycles. The number of aryl methyl sites for hydroxylation is 1. The molecule has 0 saturated heterocycles. The third-order valence-electron chi connectivity index (χ3n) is 3.68. The first-order valence-corrected chi connectivity index (χ1v) is 7.09. The van der Waals surface area contributed by atoms with E-state index in [4.69, 9.17) is 4.74 Å². The Labute approximate surface area is 120 Å². The minimum Gasteiger partial charge on any atom is -0.497 e. The monoisotopic (exact) mass is 268 g/mol. The summed E-state index contributed by atoms with van der Waals surface area (Å²) in [6.07, 6.45) is 4.47. The molecule has 3 nitrogen and oxygen atoms in total. The van der Waals surface area contributed by atoms with E-state index in [2.05, 4.69) is 34.6 Å². The minimum atomic E-state index is 0.702. The van der Waals surface area contributed by atoms with Gasteiger partial charge in [0.05, 0.1) is 7.11 Å². The summed E-state index contributed by atoms with van der Waals surface area (Å²) in [5.41, 5.74) is 4.79. The molecule has 1 fully saturated rings. The molecular formula is C17H20N2O. The van der Waals surface area contributed by atoms with Crippen molar-refractivity contribution in [3.63, 3.8) is 0 Å². The molecule has 1 aliphatic rings. The predicted molar refractivity (Wildman–Crippen MR) is 80.8 cm³/mol. The molecule has 104 valence electrons. The van der Waals surface area contributed by atoms with Crippen LogP contribution in [0.2, 0.25) is 0 Å². The van der Waals surface area contributed by atoms with Gasteiger partial charge < -0.3 is 10.1 Å². The van der Waals surface area contributed by atoms with E-state index in [1.165, 1.54) is 29.5 Å². The Balaban J connectivity index is 1.94. The van der Waals surface area contributed by atoms with E-state index < -0.39 is 0 Å². The highest BCUT2D eigenvalue weighted by Gasteiger charge is 2.20. The van der Waals surface area contributed by atoms with Gasteiger partial charge in [-0.1, -0.05) is 6.07 Å². The summed E-state index contributed by atoms with van der Waals surface area (Å²) in [5.74, 6) is 0.909. The molecule has 0 atom stereocenters. The lowest BCUT2D eigenvalue weighted by atomic mass is 9.99. The average molecular weight is 268 g/mol. The fraction of sp³-hybridized carbons (Fsp3) is 0.353. The van der Waals surface area contributed by atoms with E-state index in [0.717, 1.165) is 18.0 Å². The Kier molecular flexibility index (Phi) is 3.70. The van der Waals surface area contributed by atoms with E-state index in [-0.39, 0.29) is 0 Å². The molecule has 1 aliphatic carbocycles. The lowest BCUT2D eigenvalue weighted by molar-refractivity contribution is 0.414. The predicted octanol–water partition coefficient (Wildman–Crippen LogP) is 3.32. The van der Waals surface area contributed by atoms with Crippen LogP contribution in [0.5, 0.6) is 5.75 Å². The second-order valence-electron chi connectivity index (χ2n) is 5.36. The molecule has 0 aliphatic heterocycles. The van der Waals surface area contributed by atoms with Crippen LogP contribution in [0.25, 0.3) is 11.1 Å². The first-order chi connectivity index (χ1) is 9.76. The number of hydrogen-bond donors (Lipinski definition) is 1. The van der Waals surface area contributed by atoms with Gasteiger partial charge in [0.2, 0.25) is 0 Å². The molecule has 2 aromatic rings. The second kappa shape index (κ2) is 5.63. The molecule has 3 rings (SSSR count). The van der Waals surface area contributed by atoms with Crippen LogP contribution < -0.4 is 10.1 Å². The van der Waals surface area contributed by atoms with Crippen molar-refractivity contribution in [1.82, 2.24) is 10.3 Å². The number of nitrogens with one attached hydrogen (secondary N) is 1. The standard InChI is InChI=1S/C17H20N2O/c1-12-9-13(7-8-18-12)17-6-5-16(20-2)10-14(17)11-19-15-3-4-15/h5-10,15,19H,3-4,11H2,1-2H3. The summed E-state index contributed by atoms with van der Waals surface area (Å²) < 4.78 is 5.35. The Bertz CT molecular complexity index is 606. The van der Waals surface area contributed by atoms with E-state index in [0.29, 0.717) is 6.04 Å². The van der Waals surface area contributed by atoms with Crippen molar-refractivity contribution in [3.8, 4) is 16.9 Å². The number of ether oxygens (including phenoxy) is 1. The third-order valence-corrected chi connectivity index (χ3v) is 3.68. The number of aromatic nitrogens is 1. The Morgan fingerprint density at radius 3 is 2.80 bits per heavy atom. The van der Waals surface area contributed by atoms with Gasteiger partial charge in [0.25, 0.3) is 0 Å². The Morgan fingerprint density at radius 1 is 1.25 bits per heavy atom. The first kappa shape index (κ1) is 13.1. The van der Waals surface area contributed by atoms with Gasteiger partial charge >= 0.3 is 0 Å². The Morgan fingerprint density at radius 2 is 2.10 bits per heavy atom. The number of pyridine rings is 1. The highest BCUT2D eigenvalue weighted by Crippen LogP contribution is 2.28. The zero-order chi connectivity index (χ0) is 13.9. The summed E-state index contributed by atoms with van der Waals surface area (Å²) >= 11 is 0. The lowest BCUT2D eigenvalue weighted by Crippen LogP contribution is -2.16. The van der Waals surface area contributed by atoms with Crippen LogP contribution in [0.3, 0.4) is 0 Å². The summed E-state index contributed by atoms with van der Waals surface area (Å²) in [7, 11) is 1.71. The van der Waals surface area contributed by atoms with E-state index in [9.17, 15) is 0 Å². The van der Waals surface area contributed by atoms with Gasteiger partial charge in [-0.2, -0.15) is 0 Å². The maximum absolute atomic E-state index is 5.35. The highest BCUT2D eigenvalue weighted by molar-refractivity contribution is 5.68. The molecule has 0 amide bonds. The van der Waals surface area contributed by atoms with Gasteiger partial charge in [0.1, 0.15) is 5.75 Å². The van der Waals surface area contributed by atoms with Gasteiger partial charge in [0, 0.05) is 24.5 Å². The van der Waals surface area contributed by atoms with Crippen molar-refractivity contribution < 1.29 is 4.74 Å². The topological polar surface area (TPSA) is 34.1 Å². The van der Waals surface area contributed by atoms with Crippen LogP contribution in [0, 0.1) is 6.92 Å². The summed E-state index contributed by atoms with van der Waals surface area (Å²) in [6, 6.07) is 11.2. The number of methoxy groups -OCH3 is 1. The molecular weight excluding hydrogens is 248 g/mol. The minimum absolute atomic E-state index is 0.702. The second-order valence-corrected chi connectivity index (χ2v) is 5.36. The molecule has 1 aromatic carbocycles. The zero-order valence-electron chi connectivity index (χ0n) is 12.0. The van der Waals surface area contributed by atoms with Crippen molar-refractivity contribution in [2.24, 2.45) is 0 Å². The van der Waals surface area contributed by atoms with Gasteiger partial charge in [0.15, 0.2) is 0 Å². The largest absolute Gasteiger partial charge is 0.497 e. The first-order valence-electron chi connectivity index (χ1n) is 7.09. The molecule has 0 bridgehead atoms. The molecule has 0 unspecified atom stereocenters. The smallest absolute Gasteiger partial charge is 0.119 e. The molecule has 20 heavy (non-hydrogen) atoms. The molecule has 1 N–H and O–H groups in total. The van der Waals surface area contributed by atoms with Crippen LogP contribution in [0.4, 0.5) is 0 Å². The summed E-state index contributed by atoms with van der Waals surface area (Å²) in [6.45, 7) is 2.91. The normalized spacial score (nSPS) is 14.3. The maximum atomic E-state index is 5.35. The quantitative estimate of drug-likeness (QED) is 0.903. The van der Waals surface area contributed by atoms with Crippen LogP contribution in [0.15, 0.2) is 36.5 Å². The Hall–Kier alpha value is -1.87. The van der Waals surface area contributed by atoms with E-state index in [1.807, 2.05) is 19.2 Å². The maximum Gasteiger partial charge on any atom is 0.119 e. The van der Waals surface area contributed by atoms with Crippen molar-refractivity contribution in [2.75, 3.05) is 7.11 Å². The van der Waals surface area contributed by atoms with E-state index >= 15 is 0 Å². The van der Waals surface area contributed by atoms with Crippen molar-refractivity contribution in [1.29, 1.82) is 0 Å².